The third-order valence-corrected chi connectivity index (χ3v) is 4.61. The van der Waals surface area contributed by atoms with Crippen LogP contribution in [0.1, 0.15) is 22.5 Å². The normalized spacial score (nSPS) is 18.6. The number of aliphatic carboxylic acids is 1. The molecule has 1 amide bonds. The SMILES string of the molecule is O=C(O)[C@H]1CCCN1C(=O)c1cc2c(F)cccc2s1. The van der Waals surface area contributed by atoms with E-state index in [-0.39, 0.29) is 11.7 Å². The number of halogens is 1. The average molecular weight is 293 g/mol. The van der Waals surface area contributed by atoms with E-state index in [4.69, 9.17) is 5.11 Å². The van der Waals surface area contributed by atoms with Crippen LogP contribution in [0.15, 0.2) is 24.3 Å². The molecule has 0 unspecified atom stereocenters. The molecule has 4 nitrogen and oxygen atoms in total. The second-order valence-electron chi connectivity index (χ2n) is 4.76. The van der Waals surface area contributed by atoms with Crippen LogP contribution >= 0.6 is 11.3 Å². The van der Waals surface area contributed by atoms with Gasteiger partial charge in [-0.25, -0.2) is 9.18 Å². The Bertz CT molecular complexity index is 697. The van der Waals surface area contributed by atoms with Gasteiger partial charge < -0.3 is 10.0 Å². The molecule has 1 saturated heterocycles. The van der Waals surface area contributed by atoms with Gasteiger partial charge >= 0.3 is 5.97 Å². The zero-order chi connectivity index (χ0) is 14.3. The lowest BCUT2D eigenvalue weighted by Gasteiger charge is -2.20. The maximum Gasteiger partial charge on any atom is 0.326 e. The lowest BCUT2D eigenvalue weighted by molar-refractivity contribution is -0.141. The minimum Gasteiger partial charge on any atom is -0.480 e. The average Bonchev–Trinajstić information content (AvgIpc) is 3.05. The lowest BCUT2D eigenvalue weighted by atomic mass is 10.2. The van der Waals surface area contributed by atoms with Crippen molar-refractivity contribution in [2.75, 3.05) is 6.54 Å². The number of thiophene rings is 1. The highest BCUT2D eigenvalue weighted by Crippen LogP contribution is 2.30. The molecule has 1 aliphatic heterocycles. The fraction of sp³-hybridized carbons (Fsp3) is 0.286. The number of rotatable bonds is 2. The van der Waals surface area contributed by atoms with Crippen LogP contribution in [0.25, 0.3) is 10.1 Å². The van der Waals surface area contributed by atoms with Gasteiger partial charge in [0.25, 0.3) is 5.91 Å². The first-order chi connectivity index (χ1) is 9.58. The lowest BCUT2D eigenvalue weighted by Crippen LogP contribution is -2.40. The van der Waals surface area contributed by atoms with Gasteiger partial charge in [-0.2, -0.15) is 0 Å². The molecule has 1 atom stereocenters. The molecule has 0 aliphatic carbocycles. The second kappa shape index (κ2) is 4.86. The summed E-state index contributed by atoms with van der Waals surface area (Å²) in [5.74, 6) is -1.67. The van der Waals surface area contributed by atoms with E-state index in [1.807, 2.05) is 0 Å². The van der Waals surface area contributed by atoms with Crippen molar-refractivity contribution in [1.82, 2.24) is 4.90 Å². The number of carboxylic acids is 1. The van der Waals surface area contributed by atoms with E-state index in [0.717, 1.165) is 0 Å². The second-order valence-corrected chi connectivity index (χ2v) is 5.84. The first kappa shape index (κ1) is 13.1. The largest absolute Gasteiger partial charge is 0.480 e. The first-order valence-electron chi connectivity index (χ1n) is 6.30. The highest BCUT2D eigenvalue weighted by molar-refractivity contribution is 7.20. The number of hydrogen-bond acceptors (Lipinski definition) is 3. The maximum absolute atomic E-state index is 13.6. The van der Waals surface area contributed by atoms with Crippen molar-refractivity contribution in [3.63, 3.8) is 0 Å². The molecular weight excluding hydrogens is 281 g/mol. The molecule has 2 aromatic rings. The predicted molar refractivity (Wildman–Crippen MR) is 73.5 cm³/mol. The highest BCUT2D eigenvalue weighted by atomic mass is 32.1. The van der Waals surface area contributed by atoms with Crippen LogP contribution in [0, 0.1) is 5.82 Å². The zero-order valence-corrected chi connectivity index (χ0v) is 11.3. The quantitative estimate of drug-likeness (QED) is 0.926. The molecule has 1 aliphatic rings. The molecule has 20 heavy (non-hydrogen) atoms. The standard InChI is InChI=1S/C14H12FNO3S/c15-9-3-1-5-11-8(9)7-12(20-11)13(17)16-6-2-4-10(16)14(18)19/h1,3,5,7,10H,2,4,6H2,(H,18,19)/t10-/m1/s1. The Morgan fingerprint density at radius 1 is 1.40 bits per heavy atom. The molecular formula is C14H12FNO3S. The minimum absolute atomic E-state index is 0.324. The fourth-order valence-electron chi connectivity index (χ4n) is 2.54. The molecule has 0 spiro atoms. The summed E-state index contributed by atoms with van der Waals surface area (Å²) in [6.07, 6.45) is 1.16. The maximum atomic E-state index is 13.6. The number of carbonyl (C=O) groups is 2. The Balaban J connectivity index is 1.96. The van der Waals surface area contributed by atoms with Crippen LogP contribution in [-0.4, -0.2) is 34.5 Å². The molecule has 6 heteroatoms. The number of carbonyl (C=O) groups excluding carboxylic acids is 1. The molecule has 104 valence electrons. The summed E-state index contributed by atoms with van der Waals surface area (Å²) >= 11 is 1.20. The number of likely N-dealkylation sites (tertiary alicyclic amines) is 1. The van der Waals surface area contributed by atoms with Crippen molar-refractivity contribution in [2.45, 2.75) is 18.9 Å². The third-order valence-electron chi connectivity index (χ3n) is 3.52. The molecule has 2 heterocycles. The predicted octanol–water partition coefficient (Wildman–Crippen LogP) is 2.73. The molecule has 1 aromatic heterocycles. The van der Waals surface area contributed by atoms with Crippen molar-refractivity contribution >= 4 is 33.3 Å². The number of fused-ring (bicyclic) bond motifs is 1. The summed E-state index contributed by atoms with van der Waals surface area (Å²) in [4.78, 5) is 25.3. The van der Waals surface area contributed by atoms with Crippen molar-refractivity contribution in [3.8, 4) is 0 Å². The van der Waals surface area contributed by atoms with Gasteiger partial charge in [0, 0.05) is 16.6 Å². The van der Waals surface area contributed by atoms with Crippen LogP contribution in [0.3, 0.4) is 0 Å². The Hall–Kier alpha value is -1.95. The topological polar surface area (TPSA) is 57.6 Å². The van der Waals surface area contributed by atoms with E-state index < -0.39 is 12.0 Å². The number of carboxylic acid groups (broad SMARTS) is 1. The highest BCUT2D eigenvalue weighted by Gasteiger charge is 2.35. The number of benzene rings is 1. The number of nitrogens with zero attached hydrogens (tertiary/aromatic N) is 1. The smallest absolute Gasteiger partial charge is 0.326 e. The summed E-state index contributed by atoms with van der Waals surface area (Å²) in [6.45, 7) is 0.437. The van der Waals surface area contributed by atoms with Crippen LogP contribution in [0.4, 0.5) is 4.39 Å². The van der Waals surface area contributed by atoms with Gasteiger partial charge in [0.2, 0.25) is 0 Å². The third kappa shape index (κ3) is 2.06. The van der Waals surface area contributed by atoms with Gasteiger partial charge in [-0.05, 0) is 31.0 Å². The zero-order valence-electron chi connectivity index (χ0n) is 10.5. The van der Waals surface area contributed by atoms with Crippen LogP contribution in [0.2, 0.25) is 0 Å². The molecule has 0 saturated carbocycles. The Kier molecular flexibility index (Phi) is 3.17. The molecule has 1 fully saturated rings. The Labute approximate surface area is 118 Å². The molecule has 1 N–H and O–H groups in total. The monoisotopic (exact) mass is 293 g/mol. The van der Waals surface area contributed by atoms with Gasteiger partial charge in [-0.15, -0.1) is 11.3 Å². The summed E-state index contributed by atoms with van der Waals surface area (Å²) in [5.41, 5.74) is 0. The van der Waals surface area contributed by atoms with E-state index in [9.17, 15) is 14.0 Å². The molecule has 1 aromatic carbocycles. The Morgan fingerprint density at radius 3 is 2.90 bits per heavy atom. The van der Waals surface area contributed by atoms with Crippen LogP contribution in [0.5, 0.6) is 0 Å². The van der Waals surface area contributed by atoms with Crippen LogP contribution in [-0.2, 0) is 4.79 Å². The fourth-order valence-corrected chi connectivity index (χ4v) is 3.57. The number of hydrogen-bond donors (Lipinski definition) is 1. The van der Waals surface area contributed by atoms with Crippen molar-refractivity contribution < 1.29 is 19.1 Å². The molecule has 0 radical (unpaired) electrons. The van der Waals surface area contributed by atoms with Crippen molar-refractivity contribution in [3.05, 3.63) is 35.0 Å². The van der Waals surface area contributed by atoms with Gasteiger partial charge in [-0.1, -0.05) is 6.07 Å². The van der Waals surface area contributed by atoms with E-state index in [1.165, 1.54) is 28.4 Å². The number of amides is 1. The van der Waals surface area contributed by atoms with Gasteiger partial charge in [0.05, 0.1) is 4.88 Å². The van der Waals surface area contributed by atoms with E-state index in [2.05, 4.69) is 0 Å². The first-order valence-corrected chi connectivity index (χ1v) is 7.11. The molecule has 3 rings (SSSR count). The van der Waals surface area contributed by atoms with Gasteiger partial charge in [0.15, 0.2) is 0 Å². The molecule has 0 bridgehead atoms. The van der Waals surface area contributed by atoms with Crippen molar-refractivity contribution in [1.29, 1.82) is 0 Å². The summed E-state index contributed by atoms with van der Waals surface area (Å²) in [7, 11) is 0. The summed E-state index contributed by atoms with van der Waals surface area (Å²) in [5, 5.41) is 9.52. The van der Waals surface area contributed by atoms with E-state index in [1.54, 1.807) is 12.1 Å². The minimum atomic E-state index is -0.983. The Morgan fingerprint density at radius 2 is 2.20 bits per heavy atom. The summed E-state index contributed by atoms with van der Waals surface area (Å²) in [6, 6.07) is 5.43. The van der Waals surface area contributed by atoms with Crippen LogP contribution < -0.4 is 0 Å². The van der Waals surface area contributed by atoms with Crippen molar-refractivity contribution in [2.24, 2.45) is 0 Å². The van der Waals surface area contributed by atoms with E-state index >= 15 is 0 Å². The summed E-state index contributed by atoms with van der Waals surface area (Å²) < 4.78 is 14.3. The van der Waals surface area contributed by atoms with E-state index in [0.29, 0.717) is 34.3 Å². The van der Waals surface area contributed by atoms with Gasteiger partial charge in [0.1, 0.15) is 11.9 Å². The van der Waals surface area contributed by atoms with Gasteiger partial charge in [-0.3, -0.25) is 4.79 Å².